The van der Waals surface area contributed by atoms with Crippen LogP contribution in [0.4, 0.5) is 0 Å². The standard InChI is InChI=1S/C10H12N2O2S/c1-13-9-3-5-15-10(9)7-11-6-8-2-4-14-12-8/h2-5,11H,6-7H2,1H3. The molecule has 0 aliphatic carbocycles. The summed E-state index contributed by atoms with van der Waals surface area (Å²) in [6.07, 6.45) is 1.57. The van der Waals surface area contributed by atoms with Crippen LogP contribution in [0.5, 0.6) is 5.75 Å². The molecule has 4 nitrogen and oxygen atoms in total. The van der Waals surface area contributed by atoms with Gasteiger partial charge in [-0.2, -0.15) is 0 Å². The van der Waals surface area contributed by atoms with E-state index in [0.29, 0.717) is 6.54 Å². The lowest BCUT2D eigenvalue weighted by molar-refractivity contribution is 0.405. The molecular formula is C10H12N2O2S. The summed E-state index contributed by atoms with van der Waals surface area (Å²) in [5, 5.41) is 9.10. The van der Waals surface area contributed by atoms with Gasteiger partial charge in [0.25, 0.3) is 0 Å². The van der Waals surface area contributed by atoms with Crippen molar-refractivity contribution >= 4 is 11.3 Å². The molecule has 0 fully saturated rings. The van der Waals surface area contributed by atoms with E-state index >= 15 is 0 Å². The van der Waals surface area contributed by atoms with Crippen LogP contribution in [0.15, 0.2) is 28.3 Å². The lowest BCUT2D eigenvalue weighted by Crippen LogP contribution is -2.12. The molecule has 0 atom stereocenters. The Kier molecular flexibility index (Phi) is 3.37. The van der Waals surface area contributed by atoms with Gasteiger partial charge in [0.15, 0.2) is 0 Å². The van der Waals surface area contributed by atoms with E-state index in [4.69, 9.17) is 9.26 Å². The van der Waals surface area contributed by atoms with Gasteiger partial charge in [-0.15, -0.1) is 11.3 Å². The molecule has 0 aromatic carbocycles. The third-order valence-electron chi connectivity index (χ3n) is 2.01. The summed E-state index contributed by atoms with van der Waals surface area (Å²) in [5.41, 5.74) is 0.908. The van der Waals surface area contributed by atoms with Gasteiger partial charge in [0.05, 0.1) is 17.7 Å². The number of nitrogens with one attached hydrogen (secondary N) is 1. The third-order valence-corrected chi connectivity index (χ3v) is 2.91. The number of rotatable bonds is 5. The molecule has 0 saturated carbocycles. The maximum Gasteiger partial charge on any atom is 0.134 e. The Morgan fingerprint density at radius 3 is 3.13 bits per heavy atom. The third kappa shape index (κ3) is 2.57. The van der Waals surface area contributed by atoms with Crippen molar-refractivity contribution in [3.63, 3.8) is 0 Å². The highest BCUT2D eigenvalue weighted by atomic mass is 32.1. The van der Waals surface area contributed by atoms with Gasteiger partial charge in [0.1, 0.15) is 12.0 Å². The van der Waals surface area contributed by atoms with Crippen LogP contribution in [0, 0.1) is 0 Å². The maximum absolute atomic E-state index is 5.21. The smallest absolute Gasteiger partial charge is 0.134 e. The fraction of sp³-hybridized carbons (Fsp3) is 0.300. The first-order valence-electron chi connectivity index (χ1n) is 4.60. The first-order chi connectivity index (χ1) is 7.40. The maximum atomic E-state index is 5.21. The molecule has 2 rings (SSSR count). The van der Waals surface area contributed by atoms with Gasteiger partial charge in [-0.25, -0.2) is 0 Å². The molecule has 0 bridgehead atoms. The molecule has 0 radical (unpaired) electrons. The predicted molar refractivity (Wildman–Crippen MR) is 57.9 cm³/mol. The van der Waals surface area contributed by atoms with Crippen molar-refractivity contribution in [1.29, 1.82) is 0 Å². The highest BCUT2D eigenvalue weighted by molar-refractivity contribution is 7.10. The number of hydrogen-bond acceptors (Lipinski definition) is 5. The van der Waals surface area contributed by atoms with E-state index in [1.165, 1.54) is 4.88 Å². The van der Waals surface area contributed by atoms with Crippen LogP contribution >= 0.6 is 11.3 Å². The molecule has 5 heteroatoms. The lowest BCUT2D eigenvalue weighted by atomic mass is 10.4. The quantitative estimate of drug-likeness (QED) is 0.844. The van der Waals surface area contributed by atoms with Crippen LogP contribution in [-0.4, -0.2) is 12.3 Å². The van der Waals surface area contributed by atoms with Gasteiger partial charge in [-0.1, -0.05) is 5.16 Å². The number of nitrogens with zero attached hydrogens (tertiary/aromatic N) is 1. The van der Waals surface area contributed by atoms with Crippen molar-refractivity contribution in [2.45, 2.75) is 13.1 Å². The molecule has 0 unspecified atom stereocenters. The Labute approximate surface area is 91.9 Å². The van der Waals surface area contributed by atoms with E-state index in [1.54, 1.807) is 24.7 Å². The monoisotopic (exact) mass is 224 g/mol. The first-order valence-corrected chi connectivity index (χ1v) is 5.48. The normalized spacial score (nSPS) is 10.5. The summed E-state index contributed by atoms with van der Waals surface area (Å²) in [4.78, 5) is 1.20. The van der Waals surface area contributed by atoms with Gasteiger partial charge in [0, 0.05) is 19.2 Å². The van der Waals surface area contributed by atoms with Gasteiger partial charge >= 0.3 is 0 Å². The Balaban J connectivity index is 1.83. The van der Waals surface area contributed by atoms with Crippen molar-refractivity contribution in [3.05, 3.63) is 34.3 Å². The van der Waals surface area contributed by atoms with Gasteiger partial charge in [-0.05, 0) is 11.4 Å². The van der Waals surface area contributed by atoms with E-state index in [9.17, 15) is 0 Å². The summed E-state index contributed by atoms with van der Waals surface area (Å²) in [7, 11) is 1.68. The number of methoxy groups -OCH3 is 1. The van der Waals surface area contributed by atoms with Crippen molar-refractivity contribution < 1.29 is 9.26 Å². The summed E-state index contributed by atoms with van der Waals surface area (Å²) in [5.74, 6) is 0.938. The largest absolute Gasteiger partial charge is 0.496 e. The topological polar surface area (TPSA) is 47.3 Å². The molecule has 2 aromatic rings. The van der Waals surface area contributed by atoms with Crippen LogP contribution < -0.4 is 10.1 Å². The number of thiophene rings is 1. The minimum atomic E-state index is 0.706. The zero-order valence-electron chi connectivity index (χ0n) is 8.40. The highest BCUT2D eigenvalue weighted by Gasteiger charge is 2.03. The SMILES string of the molecule is COc1ccsc1CNCc1ccon1. The molecular weight excluding hydrogens is 212 g/mol. The minimum Gasteiger partial charge on any atom is -0.496 e. The van der Waals surface area contributed by atoms with Gasteiger partial charge < -0.3 is 14.6 Å². The Bertz CT molecular complexity index is 397. The molecule has 2 heterocycles. The van der Waals surface area contributed by atoms with Crippen molar-refractivity contribution in [3.8, 4) is 5.75 Å². The van der Waals surface area contributed by atoms with E-state index in [-0.39, 0.29) is 0 Å². The molecule has 2 aromatic heterocycles. The van der Waals surface area contributed by atoms with E-state index in [0.717, 1.165) is 18.0 Å². The lowest BCUT2D eigenvalue weighted by Gasteiger charge is -2.03. The summed E-state index contributed by atoms with van der Waals surface area (Å²) in [6.45, 7) is 1.49. The summed E-state index contributed by atoms with van der Waals surface area (Å²) in [6, 6.07) is 3.82. The van der Waals surface area contributed by atoms with Gasteiger partial charge in [-0.3, -0.25) is 0 Å². The van der Waals surface area contributed by atoms with Crippen LogP contribution in [0.25, 0.3) is 0 Å². The highest BCUT2D eigenvalue weighted by Crippen LogP contribution is 2.23. The second-order valence-corrected chi connectivity index (χ2v) is 4.01. The van der Waals surface area contributed by atoms with Crippen molar-refractivity contribution in [2.24, 2.45) is 0 Å². The summed E-state index contributed by atoms with van der Waals surface area (Å²) < 4.78 is 9.94. The van der Waals surface area contributed by atoms with E-state index in [1.807, 2.05) is 17.5 Å². The fourth-order valence-electron chi connectivity index (χ4n) is 1.27. The first kappa shape index (κ1) is 10.2. The van der Waals surface area contributed by atoms with Crippen LogP contribution in [0.3, 0.4) is 0 Å². The fourth-order valence-corrected chi connectivity index (χ4v) is 2.08. The zero-order valence-corrected chi connectivity index (χ0v) is 9.21. The molecule has 1 N–H and O–H groups in total. The average Bonchev–Trinajstić information content (AvgIpc) is 2.88. The number of hydrogen-bond donors (Lipinski definition) is 1. The molecule has 0 spiro atoms. The van der Waals surface area contributed by atoms with Crippen LogP contribution in [0.2, 0.25) is 0 Å². The Hall–Kier alpha value is -1.33. The van der Waals surface area contributed by atoms with Gasteiger partial charge in [0.2, 0.25) is 0 Å². The molecule has 15 heavy (non-hydrogen) atoms. The van der Waals surface area contributed by atoms with Crippen molar-refractivity contribution in [2.75, 3.05) is 7.11 Å². The van der Waals surface area contributed by atoms with Crippen LogP contribution in [0.1, 0.15) is 10.6 Å². The molecule has 0 amide bonds. The molecule has 0 aliphatic heterocycles. The van der Waals surface area contributed by atoms with E-state index in [2.05, 4.69) is 10.5 Å². The van der Waals surface area contributed by atoms with E-state index < -0.39 is 0 Å². The minimum absolute atomic E-state index is 0.706. The zero-order chi connectivity index (χ0) is 10.5. The second-order valence-electron chi connectivity index (χ2n) is 3.01. The Morgan fingerprint density at radius 2 is 2.40 bits per heavy atom. The predicted octanol–water partition coefficient (Wildman–Crippen LogP) is 2.03. The molecule has 0 aliphatic rings. The second kappa shape index (κ2) is 4.95. The average molecular weight is 224 g/mol. The van der Waals surface area contributed by atoms with Crippen molar-refractivity contribution in [1.82, 2.24) is 10.5 Å². The number of aromatic nitrogens is 1. The number of ether oxygens (including phenoxy) is 1. The molecule has 0 saturated heterocycles. The molecule has 80 valence electrons. The summed E-state index contributed by atoms with van der Waals surface area (Å²) >= 11 is 1.68. The van der Waals surface area contributed by atoms with Crippen LogP contribution in [-0.2, 0) is 13.1 Å². The Morgan fingerprint density at radius 1 is 1.47 bits per heavy atom.